The van der Waals surface area contributed by atoms with E-state index in [1.807, 2.05) is 6.07 Å². The number of carboxylic acids is 1. The smallest absolute Gasteiger partial charge is 0.418 e. The molecule has 0 aliphatic rings. The summed E-state index contributed by atoms with van der Waals surface area (Å²) in [6.07, 6.45) is -3.06. The lowest BCUT2D eigenvalue weighted by atomic mass is 10.1. The van der Waals surface area contributed by atoms with E-state index in [1.165, 1.54) is 6.26 Å². The van der Waals surface area contributed by atoms with E-state index in [9.17, 15) is 18.0 Å². The molecule has 0 bridgehead atoms. The molecule has 0 amide bonds. The van der Waals surface area contributed by atoms with Crippen LogP contribution in [0.3, 0.4) is 0 Å². The standard InChI is InChI=1S/C9H6F3O2S/c1-15-7-4-5(8(13)14)2-3-6(7)9(10,11)12/h2,4H,1H3,(H,13,14). The number of hydrogen-bond donors (Lipinski definition) is 1. The van der Waals surface area contributed by atoms with Gasteiger partial charge in [-0.3, -0.25) is 0 Å². The van der Waals surface area contributed by atoms with Gasteiger partial charge in [0.1, 0.15) is 0 Å². The Morgan fingerprint density at radius 1 is 1.53 bits per heavy atom. The predicted molar refractivity (Wildman–Crippen MR) is 49.0 cm³/mol. The zero-order chi connectivity index (χ0) is 11.6. The van der Waals surface area contributed by atoms with Crippen molar-refractivity contribution in [2.24, 2.45) is 0 Å². The Labute approximate surface area is 88.1 Å². The minimum atomic E-state index is -4.50. The summed E-state index contributed by atoms with van der Waals surface area (Å²) in [5.74, 6) is -1.27. The fourth-order valence-electron chi connectivity index (χ4n) is 0.982. The molecule has 1 rings (SSSR count). The maximum atomic E-state index is 12.4. The summed E-state index contributed by atoms with van der Waals surface area (Å²) in [5.41, 5.74) is -1.13. The molecule has 0 saturated heterocycles. The van der Waals surface area contributed by atoms with Crippen molar-refractivity contribution in [3.63, 3.8) is 0 Å². The number of carbonyl (C=O) groups is 1. The van der Waals surface area contributed by atoms with Crippen LogP contribution in [0.4, 0.5) is 13.2 Å². The highest BCUT2D eigenvalue weighted by Crippen LogP contribution is 2.35. The Kier molecular flexibility index (Phi) is 3.28. The van der Waals surface area contributed by atoms with Crippen LogP contribution in [-0.2, 0) is 6.18 Å². The van der Waals surface area contributed by atoms with Gasteiger partial charge in [-0.2, -0.15) is 13.2 Å². The molecule has 0 aromatic heterocycles. The lowest BCUT2D eigenvalue weighted by molar-refractivity contribution is -0.140. The van der Waals surface area contributed by atoms with Crippen molar-refractivity contribution < 1.29 is 23.1 Å². The lowest BCUT2D eigenvalue weighted by Crippen LogP contribution is -2.08. The van der Waals surface area contributed by atoms with Crippen LogP contribution in [0.25, 0.3) is 0 Å². The van der Waals surface area contributed by atoms with Gasteiger partial charge in [0, 0.05) is 4.90 Å². The molecule has 0 fully saturated rings. The first-order chi connectivity index (χ1) is 6.86. The summed E-state index contributed by atoms with van der Waals surface area (Å²) in [6.45, 7) is 0. The van der Waals surface area contributed by atoms with Crippen molar-refractivity contribution in [3.05, 3.63) is 29.3 Å². The van der Waals surface area contributed by atoms with Crippen LogP contribution in [0.15, 0.2) is 17.0 Å². The van der Waals surface area contributed by atoms with E-state index in [0.29, 0.717) is 0 Å². The molecule has 6 heteroatoms. The Morgan fingerprint density at radius 2 is 2.13 bits per heavy atom. The van der Waals surface area contributed by atoms with Crippen molar-refractivity contribution in [2.75, 3.05) is 6.26 Å². The van der Waals surface area contributed by atoms with Gasteiger partial charge in [-0.25, -0.2) is 4.79 Å². The molecule has 1 radical (unpaired) electrons. The Balaban J connectivity index is 3.27. The maximum Gasteiger partial charge on any atom is 0.418 e. The first-order valence-corrected chi connectivity index (χ1v) is 4.99. The Bertz CT molecular complexity index is 387. The molecule has 0 heterocycles. The SMILES string of the molecule is CSc1cc(C(=O)O)c[c]c1C(F)(F)F. The van der Waals surface area contributed by atoms with Crippen LogP contribution >= 0.6 is 11.8 Å². The van der Waals surface area contributed by atoms with Crippen molar-refractivity contribution >= 4 is 17.7 Å². The topological polar surface area (TPSA) is 37.3 Å². The minimum Gasteiger partial charge on any atom is -0.478 e. The number of benzene rings is 1. The van der Waals surface area contributed by atoms with Crippen LogP contribution < -0.4 is 0 Å². The highest BCUT2D eigenvalue weighted by molar-refractivity contribution is 7.98. The average Bonchev–Trinajstić information content (AvgIpc) is 2.15. The van der Waals surface area contributed by atoms with Gasteiger partial charge in [0.15, 0.2) is 0 Å². The summed E-state index contributed by atoms with van der Waals surface area (Å²) in [5, 5.41) is 8.59. The second-order valence-electron chi connectivity index (χ2n) is 2.63. The molecule has 81 valence electrons. The monoisotopic (exact) mass is 235 g/mol. The number of aromatic carboxylic acids is 1. The highest BCUT2D eigenvalue weighted by Gasteiger charge is 2.33. The van der Waals surface area contributed by atoms with Gasteiger partial charge in [-0.05, 0) is 24.5 Å². The molecule has 1 N–H and O–H groups in total. The van der Waals surface area contributed by atoms with Gasteiger partial charge in [0.25, 0.3) is 0 Å². The molecular weight excluding hydrogens is 229 g/mol. The molecule has 0 spiro atoms. The maximum absolute atomic E-state index is 12.4. The van der Waals surface area contributed by atoms with E-state index in [2.05, 4.69) is 0 Å². The number of hydrogen-bond acceptors (Lipinski definition) is 2. The summed E-state index contributed by atoms with van der Waals surface area (Å²) in [4.78, 5) is 10.4. The van der Waals surface area contributed by atoms with Gasteiger partial charge < -0.3 is 5.11 Å². The normalized spacial score (nSPS) is 11.5. The van der Waals surface area contributed by atoms with Gasteiger partial charge >= 0.3 is 12.1 Å². The number of halogens is 3. The Hall–Kier alpha value is -1.17. The van der Waals surface area contributed by atoms with E-state index in [0.717, 1.165) is 23.9 Å². The largest absolute Gasteiger partial charge is 0.478 e. The van der Waals surface area contributed by atoms with Crippen molar-refractivity contribution in [1.82, 2.24) is 0 Å². The number of carboxylic acid groups (broad SMARTS) is 1. The molecular formula is C9H6F3O2S. The van der Waals surface area contributed by atoms with Crippen LogP contribution in [0.5, 0.6) is 0 Å². The molecule has 0 saturated carbocycles. The zero-order valence-electron chi connectivity index (χ0n) is 7.55. The molecule has 0 unspecified atom stereocenters. The third kappa shape index (κ3) is 2.65. The van der Waals surface area contributed by atoms with Crippen LogP contribution in [0, 0.1) is 6.07 Å². The highest BCUT2D eigenvalue weighted by atomic mass is 32.2. The molecule has 1 aromatic carbocycles. The first-order valence-electron chi connectivity index (χ1n) is 3.76. The fraction of sp³-hybridized carbons (Fsp3) is 0.222. The van der Waals surface area contributed by atoms with Crippen LogP contribution in [0.2, 0.25) is 0 Å². The summed E-state index contributed by atoms with van der Waals surface area (Å²) < 4.78 is 37.1. The number of thioether (sulfide) groups is 1. The summed E-state index contributed by atoms with van der Waals surface area (Å²) in [6, 6.07) is 3.77. The van der Waals surface area contributed by atoms with E-state index >= 15 is 0 Å². The predicted octanol–water partition coefficient (Wildman–Crippen LogP) is 2.93. The zero-order valence-corrected chi connectivity index (χ0v) is 8.37. The van der Waals surface area contributed by atoms with Crippen molar-refractivity contribution in [3.8, 4) is 0 Å². The second kappa shape index (κ2) is 4.14. The average molecular weight is 235 g/mol. The lowest BCUT2D eigenvalue weighted by Gasteiger charge is -2.10. The van der Waals surface area contributed by atoms with Crippen molar-refractivity contribution in [2.45, 2.75) is 11.1 Å². The molecule has 2 nitrogen and oxygen atoms in total. The van der Waals surface area contributed by atoms with E-state index in [1.54, 1.807) is 0 Å². The third-order valence-electron chi connectivity index (χ3n) is 1.66. The molecule has 0 atom stereocenters. The third-order valence-corrected chi connectivity index (χ3v) is 2.42. The quantitative estimate of drug-likeness (QED) is 0.801. The van der Waals surface area contributed by atoms with E-state index in [4.69, 9.17) is 5.11 Å². The minimum absolute atomic E-state index is 0.137. The fourth-order valence-corrected chi connectivity index (χ4v) is 1.61. The first kappa shape index (κ1) is 11.9. The van der Waals surface area contributed by atoms with Crippen LogP contribution in [-0.4, -0.2) is 17.3 Å². The molecule has 0 aliphatic carbocycles. The Morgan fingerprint density at radius 3 is 2.53 bits per heavy atom. The van der Waals surface area contributed by atoms with E-state index < -0.39 is 17.7 Å². The molecule has 1 aromatic rings. The second-order valence-corrected chi connectivity index (χ2v) is 3.48. The van der Waals surface area contributed by atoms with Crippen LogP contribution in [0.1, 0.15) is 15.9 Å². The van der Waals surface area contributed by atoms with Gasteiger partial charge in [-0.1, -0.05) is 0 Å². The molecule has 0 aliphatic heterocycles. The van der Waals surface area contributed by atoms with Gasteiger partial charge in [0.2, 0.25) is 0 Å². The van der Waals surface area contributed by atoms with E-state index in [-0.39, 0.29) is 10.5 Å². The van der Waals surface area contributed by atoms with Gasteiger partial charge in [-0.15, -0.1) is 11.8 Å². The van der Waals surface area contributed by atoms with Gasteiger partial charge in [0.05, 0.1) is 11.1 Å². The number of rotatable bonds is 2. The summed E-state index contributed by atoms with van der Waals surface area (Å²) >= 11 is 0.839. The number of alkyl halides is 3. The summed E-state index contributed by atoms with van der Waals surface area (Å²) in [7, 11) is 0. The van der Waals surface area contributed by atoms with Crippen molar-refractivity contribution in [1.29, 1.82) is 0 Å². The molecule has 15 heavy (non-hydrogen) atoms.